The number of rotatable bonds is 2. The molecule has 1 aromatic carbocycles. The zero-order chi connectivity index (χ0) is 16.1. The molecule has 4 rings (SSSR count). The van der Waals surface area contributed by atoms with Crippen LogP contribution in [-0.2, 0) is 17.1 Å². The third-order valence-electron chi connectivity index (χ3n) is 3.16. The summed E-state index contributed by atoms with van der Waals surface area (Å²) in [5.41, 5.74) is 1.20. The minimum absolute atomic E-state index is 0. The number of benzene rings is 1. The summed E-state index contributed by atoms with van der Waals surface area (Å²) < 4.78 is 1.64. The standard InChI is InChI=1S/C13H10N3O2.C5H5.Fe/c17-11-5-9(6-12(18)7-11)13-8-16(15-14-13)10-3-1-2-4-10;1-2-4-5-3-1;/h1-8,17-18H;1-5H;/q;;+2. The maximum Gasteiger partial charge on any atom is 2.00 e. The summed E-state index contributed by atoms with van der Waals surface area (Å²) in [4.78, 5) is 0. The van der Waals surface area contributed by atoms with Crippen LogP contribution >= 0.6 is 0 Å². The topological polar surface area (TPSA) is 71.2 Å². The van der Waals surface area contributed by atoms with E-state index in [1.165, 1.54) is 18.2 Å². The van der Waals surface area contributed by atoms with Gasteiger partial charge < -0.3 is 10.2 Å². The second-order valence-corrected chi connectivity index (χ2v) is 4.89. The molecular weight excluding hydrogens is 346 g/mol. The van der Waals surface area contributed by atoms with E-state index in [0.717, 1.165) is 6.04 Å². The van der Waals surface area contributed by atoms with Crippen molar-refractivity contribution in [1.82, 2.24) is 15.0 Å². The van der Waals surface area contributed by atoms with Crippen LogP contribution in [0.4, 0.5) is 0 Å². The number of aromatic hydroxyl groups is 2. The Hall–Kier alpha value is -1.52. The fraction of sp³-hybridized carbons (Fsp3) is 0. The molecule has 5 nitrogen and oxygen atoms in total. The fourth-order valence-corrected chi connectivity index (χ4v) is 2.10. The van der Waals surface area contributed by atoms with Gasteiger partial charge in [0.05, 0.1) is 12.2 Å². The number of aromatic nitrogens is 3. The van der Waals surface area contributed by atoms with Crippen molar-refractivity contribution in [3.63, 3.8) is 0 Å². The molecule has 0 atom stereocenters. The molecule has 24 heavy (non-hydrogen) atoms. The van der Waals surface area contributed by atoms with Gasteiger partial charge in [-0.05, 0) is 69.9 Å². The van der Waals surface area contributed by atoms with Crippen LogP contribution in [-0.4, -0.2) is 25.2 Å². The van der Waals surface area contributed by atoms with E-state index in [9.17, 15) is 10.2 Å². The molecule has 0 aliphatic heterocycles. The first-order chi connectivity index (χ1) is 11.2. The van der Waals surface area contributed by atoms with Crippen LogP contribution in [0.25, 0.3) is 11.3 Å². The zero-order valence-electron chi connectivity index (χ0n) is 12.6. The van der Waals surface area contributed by atoms with E-state index in [2.05, 4.69) is 10.3 Å². The van der Waals surface area contributed by atoms with Crippen molar-refractivity contribution in [2.24, 2.45) is 0 Å². The van der Waals surface area contributed by atoms with Gasteiger partial charge in [0.25, 0.3) is 0 Å². The minimum Gasteiger partial charge on any atom is -0.508 e. The van der Waals surface area contributed by atoms with Crippen molar-refractivity contribution < 1.29 is 27.3 Å². The van der Waals surface area contributed by atoms with Crippen molar-refractivity contribution >= 4 is 0 Å². The van der Waals surface area contributed by atoms with Gasteiger partial charge in [-0.2, -0.15) is 0 Å². The zero-order valence-corrected chi connectivity index (χ0v) is 13.7. The molecule has 2 saturated carbocycles. The van der Waals surface area contributed by atoms with Gasteiger partial charge in [0.1, 0.15) is 17.2 Å². The average molecular weight is 361 g/mol. The van der Waals surface area contributed by atoms with E-state index in [1.807, 2.05) is 57.8 Å². The molecule has 0 bridgehead atoms. The van der Waals surface area contributed by atoms with Gasteiger partial charge in [-0.3, -0.25) is 0 Å². The quantitative estimate of drug-likeness (QED) is 0.807. The molecule has 2 aliphatic rings. The Labute approximate surface area is 153 Å². The Kier molecular flexibility index (Phi) is 7.13. The summed E-state index contributed by atoms with van der Waals surface area (Å²) in [5.74, 6) is -0.0132. The van der Waals surface area contributed by atoms with Crippen molar-refractivity contribution in [2.75, 3.05) is 0 Å². The minimum atomic E-state index is -0.00661. The molecule has 0 saturated heterocycles. The van der Waals surface area contributed by atoms with Gasteiger partial charge in [-0.1, -0.05) is 5.21 Å². The van der Waals surface area contributed by atoms with Crippen LogP contribution in [0, 0.1) is 63.8 Å². The molecule has 0 amide bonds. The Morgan fingerprint density at radius 3 is 1.83 bits per heavy atom. The van der Waals surface area contributed by atoms with Crippen molar-refractivity contribution in [3.05, 3.63) is 88.2 Å². The Morgan fingerprint density at radius 1 is 0.750 bits per heavy atom. The molecule has 120 valence electrons. The average Bonchev–Trinajstić information content (AvgIpc) is 3.29. The molecule has 2 N–H and O–H groups in total. The summed E-state index contributed by atoms with van der Waals surface area (Å²) in [6.07, 6.45) is 19.4. The summed E-state index contributed by atoms with van der Waals surface area (Å²) in [6.45, 7) is 0. The SMILES string of the molecule is Oc1cc(O)cc(-c2cn([C]3[CH][CH][CH][CH]3)nn2)c1.[CH]1[CH][CH][CH][CH]1.[Fe+2]. The monoisotopic (exact) mass is 361 g/mol. The number of hydrogen-bond acceptors (Lipinski definition) is 4. The van der Waals surface area contributed by atoms with E-state index in [1.54, 1.807) is 10.9 Å². The van der Waals surface area contributed by atoms with Crippen LogP contribution in [0.5, 0.6) is 11.5 Å². The smallest absolute Gasteiger partial charge is 0.508 e. The molecule has 2 aromatic rings. The number of hydrogen-bond donors (Lipinski definition) is 2. The second kappa shape index (κ2) is 9.09. The molecule has 1 aromatic heterocycles. The van der Waals surface area contributed by atoms with Crippen molar-refractivity contribution in [2.45, 2.75) is 0 Å². The molecule has 6 heteroatoms. The summed E-state index contributed by atoms with van der Waals surface area (Å²) in [6, 6.07) is 5.24. The number of phenols is 2. The molecular formula is C18H15FeN3O2+2. The van der Waals surface area contributed by atoms with Gasteiger partial charge in [-0.15, -0.1) is 5.10 Å². The normalized spacial score (nSPS) is 17.2. The van der Waals surface area contributed by atoms with Gasteiger partial charge in [0, 0.05) is 11.6 Å². The number of nitrogens with zero attached hydrogens (tertiary/aromatic N) is 3. The van der Waals surface area contributed by atoms with Crippen molar-refractivity contribution in [1.29, 1.82) is 0 Å². The molecule has 1 heterocycles. The number of phenolic OH excluding ortho intramolecular Hbond substituents is 2. The molecule has 2 aliphatic carbocycles. The van der Waals surface area contributed by atoms with E-state index in [-0.39, 0.29) is 28.6 Å². The maximum absolute atomic E-state index is 9.43. The van der Waals surface area contributed by atoms with Crippen LogP contribution in [0.3, 0.4) is 0 Å². The first-order valence-corrected chi connectivity index (χ1v) is 7.07. The predicted molar refractivity (Wildman–Crippen MR) is 86.1 cm³/mol. The second-order valence-electron chi connectivity index (χ2n) is 4.89. The van der Waals surface area contributed by atoms with Gasteiger partial charge in [0.15, 0.2) is 0 Å². The van der Waals surface area contributed by atoms with Crippen LogP contribution < -0.4 is 0 Å². The first-order valence-electron chi connectivity index (χ1n) is 7.07. The predicted octanol–water partition coefficient (Wildman–Crippen LogP) is 2.59. The largest absolute Gasteiger partial charge is 2.00 e. The van der Waals surface area contributed by atoms with E-state index in [4.69, 9.17) is 0 Å². The van der Waals surface area contributed by atoms with Crippen LogP contribution in [0.15, 0.2) is 24.4 Å². The maximum atomic E-state index is 9.43. The van der Waals surface area contributed by atoms with E-state index in [0.29, 0.717) is 11.3 Å². The Balaban J connectivity index is 0.000000300. The molecule has 0 spiro atoms. The fourth-order valence-electron chi connectivity index (χ4n) is 2.10. The van der Waals surface area contributed by atoms with Gasteiger partial charge in [-0.25, -0.2) is 4.68 Å². The van der Waals surface area contributed by atoms with E-state index < -0.39 is 0 Å². The Morgan fingerprint density at radius 2 is 1.29 bits per heavy atom. The third kappa shape index (κ3) is 4.99. The van der Waals surface area contributed by atoms with Crippen LogP contribution in [0.2, 0.25) is 0 Å². The van der Waals surface area contributed by atoms with Crippen molar-refractivity contribution in [3.8, 4) is 22.8 Å². The van der Waals surface area contributed by atoms with Crippen LogP contribution in [0.1, 0.15) is 0 Å². The van der Waals surface area contributed by atoms with Gasteiger partial charge >= 0.3 is 17.1 Å². The summed E-state index contributed by atoms with van der Waals surface area (Å²) in [7, 11) is 0. The molecule has 10 radical (unpaired) electrons. The Bertz CT molecular complexity index is 607. The first kappa shape index (κ1) is 18.8. The summed E-state index contributed by atoms with van der Waals surface area (Å²) in [5, 5.41) is 26.9. The third-order valence-corrected chi connectivity index (χ3v) is 3.16. The summed E-state index contributed by atoms with van der Waals surface area (Å²) >= 11 is 0. The van der Waals surface area contributed by atoms with Gasteiger partial charge in [0.2, 0.25) is 0 Å². The molecule has 0 unspecified atom stereocenters. The van der Waals surface area contributed by atoms with E-state index >= 15 is 0 Å². The molecule has 2 fully saturated rings.